The zero-order valence-corrected chi connectivity index (χ0v) is 23.9. The van der Waals surface area contributed by atoms with E-state index in [1.165, 1.54) is 61.1 Å². The molecule has 196 valence electrons. The summed E-state index contributed by atoms with van der Waals surface area (Å²) in [4.78, 5) is 5.90. The number of rotatable bonds is 4. The summed E-state index contributed by atoms with van der Waals surface area (Å²) in [6.45, 7) is 15.4. The first-order valence-corrected chi connectivity index (χ1v) is 13.6. The first-order chi connectivity index (χ1) is 18.2. The van der Waals surface area contributed by atoms with E-state index in [0.29, 0.717) is 0 Å². The van der Waals surface area contributed by atoms with Crippen LogP contribution in [0.4, 0.5) is 5.69 Å². The molecule has 1 N–H and O–H groups in total. The van der Waals surface area contributed by atoms with Crippen molar-refractivity contribution >= 4 is 28.2 Å². The molecule has 1 saturated heterocycles. The summed E-state index contributed by atoms with van der Waals surface area (Å²) in [6.07, 6.45) is 5.37. The molecule has 0 spiro atoms. The number of aromatic nitrogens is 1. The van der Waals surface area contributed by atoms with Crippen LogP contribution in [0.5, 0.6) is 5.75 Å². The minimum absolute atomic E-state index is 0.116. The van der Waals surface area contributed by atoms with Gasteiger partial charge in [-0.15, -0.1) is 0 Å². The van der Waals surface area contributed by atoms with Gasteiger partial charge in [-0.25, -0.2) is 0 Å². The maximum Gasteiger partial charge on any atom is 0.126 e. The quantitative estimate of drug-likeness (QED) is 0.301. The molecule has 0 unspecified atom stereocenters. The Kier molecular flexibility index (Phi) is 6.96. The van der Waals surface area contributed by atoms with Crippen LogP contribution in [-0.2, 0) is 5.41 Å². The molecule has 1 aliphatic heterocycles. The number of benzene rings is 3. The Hall–Kier alpha value is -3.72. The van der Waals surface area contributed by atoms with Crippen LogP contribution in [0.2, 0.25) is 0 Å². The minimum Gasteiger partial charge on any atom is -0.496 e. The number of methoxy groups -OCH3 is 1. The molecule has 0 saturated carbocycles. The lowest BCUT2D eigenvalue weighted by Crippen LogP contribution is -2.33. The van der Waals surface area contributed by atoms with Gasteiger partial charge < -0.3 is 14.6 Å². The van der Waals surface area contributed by atoms with Crippen LogP contribution in [0, 0.1) is 13.8 Å². The number of piperidine rings is 1. The molecular weight excluding hydrogens is 464 g/mol. The smallest absolute Gasteiger partial charge is 0.126 e. The van der Waals surface area contributed by atoms with Crippen LogP contribution in [0.3, 0.4) is 0 Å². The van der Waals surface area contributed by atoms with E-state index in [1.807, 2.05) is 6.20 Å². The lowest BCUT2D eigenvalue weighted by atomic mass is 9.85. The molecule has 1 aromatic heterocycles. The number of hydrogen-bond donors (Lipinski definition) is 1. The lowest BCUT2D eigenvalue weighted by molar-refractivity contribution is 0.413. The number of hydrogen-bond acceptors (Lipinski definition) is 2. The van der Waals surface area contributed by atoms with Crippen molar-refractivity contribution in [3.8, 4) is 5.75 Å². The number of anilines is 1. The third-order valence-electron chi connectivity index (χ3n) is 8.07. The van der Waals surface area contributed by atoms with Gasteiger partial charge in [-0.2, -0.15) is 0 Å². The number of nitrogens with zero attached hydrogens (tertiary/aromatic N) is 1. The fraction of sp³-hybridized carbons (Fsp3) is 0.314. The van der Waals surface area contributed by atoms with E-state index in [9.17, 15) is 0 Å². The van der Waals surface area contributed by atoms with Crippen LogP contribution in [-0.4, -0.2) is 25.2 Å². The monoisotopic (exact) mass is 504 g/mol. The largest absolute Gasteiger partial charge is 0.496 e. The summed E-state index contributed by atoms with van der Waals surface area (Å²) < 4.78 is 5.76. The van der Waals surface area contributed by atoms with E-state index in [1.54, 1.807) is 7.11 Å². The van der Waals surface area contributed by atoms with Crippen LogP contribution < -0.4 is 9.64 Å². The number of H-pyrrole nitrogens is 1. The molecule has 0 radical (unpaired) electrons. The first kappa shape index (κ1) is 25.9. The molecule has 4 aromatic rings. The van der Waals surface area contributed by atoms with Crippen molar-refractivity contribution < 1.29 is 4.74 Å². The van der Waals surface area contributed by atoms with Crippen LogP contribution in [0.25, 0.3) is 22.6 Å². The summed E-state index contributed by atoms with van der Waals surface area (Å²) >= 11 is 0. The Morgan fingerprint density at radius 1 is 0.974 bits per heavy atom. The molecule has 3 nitrogen and oxygen atoms in total. The zero-order chi connectivity index (χ0) is 27.0. The number of aromatic amines is 1. The van der Waals surface area contributed by atoms with Gasteiger partial charge in [0.15, 0.2) is 0 Å². The third-order valence-corrected chi connectivity index (χ3v) is 8.07. The topological polar surface area (TPSA) is 28.3 Å². The van der Waals surface area contributed by atoms with Crippen LogP contribution in [0.15, 0.2) is 78.0 Å². The number of nitrogens with one attached hydrogen (secondary N) is 1. The molecule has 2 heterocycles. The van der Waals surface area contributed by atoms with Crippen molar-refractivity contribution in [3.05, 3.63) is 106 Å². The van der Waals surface area contributed by atoms with Crippen molar-refractivity contribution in [1.82, 2.24) is 4.98 Å². The predicted molar refractivity (Wildman–Crippen MR) is 163 cm³/mol. The van der Waals surface area contributed by atoms with E-state index in [0.717, 1.165) is 25.3 Å². The highest BCUT2D eigenvalue weighted by Gasteiger charge is 2.25. The molecule has 1 fully saturated rings. The fourth-order valence-corrected chi connectivity index (χ4v) is 5.57. The molecule has 5 rings (SSSR count). The summed E-state index contributed by atoms with van der Waals surface area (Å²) in [7, 11) is 1.76. The molecule has 0 bridgehead atoms. The number of aryl methyl sites for hydroxylation is 2. The van der Waals surface area contributed by atoms with Gasteiger partial charge in [0.2, 0.25) is 0 Å². The Morgan fingerprint density at radius 3 is 2.55 bits per heavy atom. The molecule has 0 atom stereocenters. The van der Waals surface area contributed by atoms with E-state index in [-0.39, 0.29) is 5.41 Å². The average Bonchev–Trinajstić information content (AvgIpc) is 3.37. The number of ether oxygens (including phenoxy) is 1. The standard InChI is InChI=1S/C35H40N2O/c1-23-9-8-10-34(38-7)30(23)20-27-16-18-37(33-21-29(35(4,5)6)13-11-24(33)2)22-31(27)25(3)26-12-14-32-28(19-26)15-17-36-32/h8-15,17,19-21,36H,16,18,22H2,1-7H3/b27-20-,31-25+. The third kappa shape index (κ3) is 5.03. The molecular formula is C35H40N2O. The van der Waals surface area contributed by atoms with Gasteiger partial charge in [0.05, 0.1) is 7.11 Å². The van der Waals surface area contributed by atoms with Crippen LogP contribution >= 0.6 is 0 Å². The van der Waals surface area contributed by atoms with Crippen molar-refractivity contribution in [1.29, 1.82) is 0 Å². The van der Waals surface area contributed by atoms with Crippen molar-refractivity contribution in [2.75, 3.05) is 25.1 Å². The molecule has 3 aromatic carbocycles. The SMILES string of the molecule is COc1cccc(C)c1/C=C1/CCN(c2cc(C(C)(C)C)ccc2C)C/C1=C(/C)c1ccc2[nH]ccc2c1. The highest BCUT2D eigenvalue weighted by Crippen LogP contribution is 2.38. The predicted octanol–water partition coefficient (Wildman–Crippen LogP) is 8.86. The first-order valence-electron chi connectivity index (χ1n) is 13.6. The molecule has 3 heteroatoms. The van der Waals surface area contributed by atoms with E-state index < -0.39 is 0 Å². The minimum atomic E-state index is 0.116. The Balaban J connectivity index is 1.63. The van der Waals surface area contributed by atoms with Gasteiger partial charge >= 0.3 is 0 Å². The van der Waals surface area contributed by atoms with E-state index >= 15 is 0 Å². The number of allylic oxidation sites excluding steroid dienone is 1. The normalized spacial score (nSPS) is 16.8. The maximum absolute atomic E-state index is 5.76. The van der Waals surface area contributed by atoms with Crippen molar-refractivity contribution in [3.63, 3.8) is 0 Å². The van der Waals surface area contributed by atoms with Gasteiger partial charge in [-0.1, -0.05) is 51.1 Å². The van der Waals surface area contributed by atoms with Crippen LogP contribution in [0.1, 0.15) is 61.9 Å². The van der Waals surface area contributed by atoms with Gasteiger partial charge in [0.1, 0.15) is 5.75 Å². The summed E-state index contributed by atoms with van der Waals surface area (Å²) in [5.41, 5.74) is 13.2. The van der Waals surface area contributed by atoms with E-state index in [2.05, 4.69) is 118 Å². The van der Waals surface area contributed by atoms with Gasteiger partial charge in [-0.3, -0.25) is 0 Å². The van der Waals surface area contributed by atoms with Gasteiger partial charge in [0.25, 0.3) is 0 Å². The average molecular weight is 505 g/mol. The lowest BCUT2D eigenvalue weighted by Gasteiger charge is -2.36. The second-order valence-corrected chi connectivity index (χ2v) is 11.7. The Morgan fingerprint density at radius 2 is 1.79 bits per heavy atom. The maximum atomic E-state index is 5.76. The van der Waals surface area contributed by atoms with Gasteiger partial charge in [0, 0.05) is 36.1 Å². The second kappa shape index (κ2) is 10.2. The summed E-state index contributed by atoms with van der Waals surface area (Å²) in [5, 5.41) is 1.25. The highest BCUT2D eigenvalue weighted by atomic mass is 16.5. The number of fused-ring (bicyclic) bond motifs is 1. The second-order valence-electron chi connectivity index (χ2n) is 11.7. The summed E-state index contributed by atoms with van der Waals surface area (Å²) in [6, 6.07) is 22.2. The van der Waals surface area contributed by atoms with Crippen molar-refractivity contribution in [2.45, 2.75) is 53.4 Å². The fourth-order valence-electron chi connectivity index (χ4n) is 5.57. The molecule has 0 amide bonds. The van der Waals surface area contributed by atoms with Crippen molar-refractivity contribution in [2.24, 2.45) is 0 Å². The Bertz CT molecular complexity index is 1540. The van der Waals surface area contributed by atoms with E-state index in [4.69, 9.17) is 4.74 Å². The molecule has 1 aliphatic rings. The summed E-state index contributed by atoms with van der Waals surface area (Å²) in [5.74, 6) is 0.930. The zero-order valence-electron chi connectivity index (χ0n) is 23.9. The molecule has 38 heavy (non-hydrogen) atoms. The Labute approximate surface area is 227 Å². The highest BCUT2D eigenvalue weighted by molar-refractivity contribution is 5.86. The molecule has 0 aliphatic carbocycles. The van der Waals surface area contributed by atoms with Gasteiger partial charge in [-0.05, 0) is 113 Å².